The lowest BCUT2D eigenvalue weighted by Crippen LogP contribution is -2.41. The van der Waals surface area contributed by atoms with Gasteiger partial charge in [0.2, 0.25) is 27.6 Å². The number of aryl methyl sites for hydroxylation is 1. The molecule has 1 aromatic carbocycles. The number of hydrogen-bond donors (Lipinski definition) is 2. The van der Waals surface area contributed by atoms with Crippen molar-refractivity contribution in [3.8, 4) is 11.4 Å². The predicted molar refractivity (Wildman–Crippen MR) is 109 cm³/mol. The molecule has 156 valence electrons. The Hall–Kier alpha value is -3.11. The van der Waals surface area contributed by atoms with Crippen molar-refractivity contribution in [3.63, 3.8) is 0 Å². The Bertz CT molecular complexity index is 1170. The van der Waals surface area contributed by atoms with E-state index in [1.165, 1.54) is 19.2 Å². The number of nitrogens with zero attached hydrogens (tertiary/aromatic N) is 3. The van der Waals surface area contributed by atoms with Crippen LogP contribution >= 0.6 is 0 Å². The third-order valence-electron chi connectivity index (χ3n) is 4.75. The third kappa shape index (κ3) is 4.39. The zero-order chi connectivity index (χ0) is 21.3. The van der Waals surface area contributed by atoms with Gasteiger partial charge in [-0.3, -0.25) is 4.79 Å². The van der Waals surface area contributed by atoms with Crippen LogP contribution in [-0.4, -0.2) is 35.5 Å². The van der Waals surface area contributed by atoms with Gasteiger partial charge < -0.3 is 9.84 Å². The van der Waals surface area contributed by atoms with E-state index in [0.717, 1.165) is 12.8 Å². The van der Waals surface area contributed by atoms with Crippen molar-refractivity contribution in [3.05, 3.63) is 54.0 Å². The third-order valence-corrected chi connectivity index (χ3v) is 6.43. The molecule has 0 aliphatic heterocycles. The molecule has 10 heteroatoms. The number of anilines is 1. The van der Waals surface area contributed by atoms with Crippen LogP contribution < -0.4 is 10.0 Å². The van der Waals surface area contributed by atoms with Gasteiger partial charge in [-0.25, -0.2) is 13.4 Å². The van der Waals surface area contributed by atoms with E-state index in [2.05, 4.69) is 25.2 Å². The number of rotatable bonds is 7. The average Bonchev–Trinajstić information content (AvgIpc) is 3.45. The van der Waals surface area contributed by atoms with Crippen LogP contribution in [0.2, 0.25) is 0 Å². The second-order valence-electron chi connectivity index (χ2n) is 7.26. The lowest BCUT2D eigenvalue weighted by Gasteiger charge is -2.15. The highest BCUT2D eigenvalue weighted by atomic mass is 32.2. The molecular formula is C20H21N5O4S. The second kappa shape index (κ2) is 7.96. The minimum Gasteiger partial charge on any atom is -0.339 e. The first-order valence-corrected chi connectivity index (χ1v) is 11.0. The van der Waals surface area contributed by atoms with Crippen molar-refractivity contribution in [1.82, 2.24) is 19.8 Å². The standard InChI is InChI=1S/C20H21N5O4S/c1-12-6-7-15(18-23-20(29-24-18)14-8-9-14)11-16(12)30(27,28)25-13(2)19(26)22-17-5-3-4-10-21-17/h3-7,10-11,13-14,25H,8-9H2,1-2H3,(H,21,22,26)/t13-/m0/s1. The second-order valence-corrected chi connectivity index (χ2v) is 8.94. The number of pyridine rings is 1. The Balaban J connectivity index is 1.53. The van der Waals surface area contributed by atoms with Gasteiger partial charge in [-0.2, -0.15) is 9.71 Å². The lowest BCUT2D eigenvalue weighted by molar-refractivity contribution is -0.117. The molecule has 1 fully saturated rings. The van der Waals surface area contributed by atoms with E-state index >= 15 is 0 Å². The first-order chi connectivity index (χ1) is 14.3. The largest absolute Gasteiger partial charge is 0.339 e. The highest BCUT2D eigenvalue weighted by Gasteiger charge is 2.30. The van der Waals surface area contributed by atoms with E-state index < -0.39 is 22.0 Å². The van der Waals surface area contributed by atoms with Gasteiger partial charge in [0, 0.05) is 17.7 Å². The molecule has 0 saturated heterocycles. The summed E-state index contributed by atoms with van der Waals surface area (Å²) >= 11 is 0. The van der Waals surface area contributed by atoms with Gasteiger partial charge in [0.15, 0.2) is 0 Å². The molecule has 1 amide bonds. The number of benzene rings is 1. The van der Waals surface area contributed by atoms with Gasteiger partial charge in [0.05, 0.1) is 10.9 Å². The van der Waals surface area contributed by atoms with E-state index in [1.54, 1.807) is 37.3 Å². The van der Waals surface area contributed by atoms with Crippen LogP contribution in [-0.2, 0) is 14.8 Å². The van der Waals surface area contributed by atoms with Crippen molar-refractivity contribution in [2.75, 3.05) is 5.32 Å². The molecule has 1 aliphatic rings. The number of sulfonamides is 1. The maximum absolute atomic E-state index is 13.0. The number of carbonyl (C=O) groups excluding carboxylic acids is 1. The average molecular weight is 427 g/mol. The van der Waals surface area contributed by atoms with Crippen LogP contribution in [0, 0.1) is 6.92 Å². The zero-order valence-electron chi connectivity index (χ0n) is 16.5. The first kappa shape index (κ1) is 20.2. The van der Waals surface area contributed by atoms with E-state index in [9.17, 15) is 13.2 Å². The summed E-state index contributed by atoms with van der Waals surface area (Å²) in [5.41, 5.74) is 1.07. The molecule has 4 rings (SSSR count). The van der Waals surface area contributed by atoms with E-state index in [4.69, 9.17) is 4.52 Å². The van der Waals surface area contributed by atoms with Crippen LogP contribution in [0.25, 0.3) is 11.4 Å². The Labute approximate surface area is 174 Å². The summed E-state index contributed by atoms with van der Waals surface area (Å²) in [4.78, 5) is 20.8. The molecule has 3 aromatic rings. The number of aromatic nitrogens is 3. The zero-order valence-corrected chi connectivity index (χ0v) is 17.3. The summed E-state index contributed by atoms with van der Waals surface area (Å²) in [6.45, 7) is 3.15. The molecular weight excluding hydrogens is 406 g/mol. The molecule has 0 spiro atoms. The Morgan fingerprint density at radius 2 is 2.03 bits per heavy atom. The van der Waals surface area contributed by atoms with Gasteiger partial charge in [-0.05, 0) is 50.5 Å². The van der Waals surface area contributed by atoms with Gasteiger partial charge in [-0.15, -0.1) is 0 Å². The molecule has 0 unspecified atom stereocenters. The fourth-order valence-electron chi connectivity index (χ4n) is 2.90. The Kier molecular flexibility index (Phi) is 5.35. The summed E-state index contributed by atoms with van der Waals surface area (Å²) in [5, 5.41) is 6.54. The fraction of sp³-hybridized carbons (Fsp3) is 0.300. The minimum atomic E-state index is -3.97. The summed E-state index contributed by atoms with van der Waals surface area (Å²) in [5.74, 6) is 1.05. The van der Waals surface area contributed by atoms with E-state index in [-0.39, 0.29) is 4.90 Å². The van der Waals surface area contributed by atoms with E-state index in [0.29, 0.717) is 34.6 Å². The Morgan fingerprint density at radius 3 is 2.73 bits per heavy atom. The summed E-state index contributed by atoms with van der Waals surface area (Å²) < 4.78 is 33.6. The molecule has 1 atom stereocenters. The maximum atomic E-state index is 13.0. The molecule has 30 heavy (non-hydrogen) atoms. The quantitative estimate of drug-likeness (QED) is 0.593. The SMILES string of the molecule is Cc1ccc(-c2noc(C3CC3)n2)cc1S(=O)(=O)N[C@@H](C)C(=O)Nc1ccccn1. The fourth-order valence-corrected chi connectivity index (χ4v) is 4.37. The van der Waals surface area contributed by atoms with Gasteiger partial charge in [0.1, 0.15) is 5.82 Å². The van der Waals surface area contributed by atoms with Gasteiger partial charge in [0.25, 0.3) is 0 Å². The molecule has 0 radical (unpaired) electrons. The molecule has 2 heterocycles. The minimum absolute atomic E-state index is 0.0512. The smallest absolute Gasteiger partial charge is 0.243 e. The van der Waals surface area contributed by atoms with Crippen molar-refractivity contribution < 1.29 is 17.7 Å². The molecule has 2 aromatic heterocycles. The van der Waals surface area contributed by atoms with Crippen LogP contribution in [0.15, 0.2) is 52.0 Å². The van der Waals surface area contributed by atoms with Gasteiger partial charge >= 0.3 is 0 Å². The topological polar surface area (TPSA) is 127 Å². The number of nitrogens with one attached hydrogen (secondary N) is 2. The number of hydrogen-bond acceptors (Lipinski definition) is 7. The van der Waals surface area contributed by atoms with Gasteiger partial charge in [-0.1, -0.05) is 23.4 Å². The molecule has 1 saturated carbocycles. The molecule has 9 nitrogen and oxygen atoms in total. The van der Waals surface area contributed by atoms with Crippen LogP contribution in [0.1, 0.15) is 37.1 Å². The van der Waals surface area contributed by atoms with Crippen LogP contribution in [0.4, 0.5) is 5.82 Å². The Morgan fingerprint density at radius 1 is 1.23 bits per heavy atom. The normalized spacial score (nSPS) is 15.0. The summed E-state index contributed by atoms with van der Waals surface area (Å²) in [6, 6.07) is 8.96. The summed E-state index contributed by atoms with van der Waals surface area (Å²) in [6.07, 6.45) is 3.58. The first-order valence-electron chi connectivity index (χ1n) is 9.52. The van der Waals surface area contributed by atoms with Crippen molar-refractivity contribution in [2.45, 2.75) is 43.5 Å². The molecule has 2 N–H and O–H groups in total. The van der Waals surface area contributed by atoms with Crippen molar-refractivity contribution in [2.24, 2.45) is 0 Å². The predicted octanol–water partition coefficient (Wildman–Crippen LogP) is 2.62. The van der Waals surface area contributed by atoms with E-state index in [1.807, 2.05) is 0 Å². The van der Waals surface area contributed by atoms with Crippen LogP contribution in [0.5, 0.6) is 0 Å². The monoisotopic (exact) mass is 427 g/mol. The highest BCUT2D eigenvalue weighted by molar-refractivity contribution is 7.89. The number of amides is 1. The van der Waals surface area contributed by atoms with Crippen molar-refractivity contribution in [1.29, 1.82) is 0 Å². The maximum Gasteiger partial charge on any atom is 0.243 e. The highest BCUT2D eigenvalue weighted by Crippen LogP contribution is 2.39. The summed E-state index contributed by atoms with van der Waals surface area (Å²) in [7, 11) is -3.97. The number of carbonyl (C=O) groups is 1. The van der Waals surface area contributed by atoms with Crippen molar-refractivity contribution >= 4 is 21.7 Å². The lowest BCUT2D eigenvalue weighted by atomic mass is 10.1. The molecule has 0 bridgehead atoms. The molecule has 1 aliphatic carbocycles. The van der Waals surface area contributed by atoms with Crippen LogP contribution in [0.3, 0.4) is 0 Å².